The van der Waals surface area contributed by atoms with Crippen LogP contribution in [0, 0.1) is 5.92 Å². The number of unbranched alkanes of at least 4 members (excludes halogenated alkanes) is 3. The highest BCUT2D eigenvalue weighted by Crippen LogP contribution is 2.17. The van der Waals surface area contributed by atoms with Crippen molar-refractivity contribution in [1.82, 2.24) is 10.3 Å². The summed E-state index contributed by atoms with van der Waals surface area (Å²) in [4.78, 5) is 16.0. The van der Waals surface area contributed by atoms with Gasteiger partial charge < -0.3 is 15.5 Å². The first kappa shape index (κ1) is 15.7. The van der Waals surface area contributed by atoms with Crippen molar-refractivity contribution in [2.24, 2.45) is 11.7 Å². The number of oxazole rings is 1. The first-order chi connectivity index (χ1) is 9.06. The Balaban J connectivity index is 2.41. The van der Waals surface area contributed by atoms with E-state index in [2.05, 4.69) is 17.2 Å². The van der Waals surface area contributed by atoms with Crippen LogP contribution in [-0.2, 0) is 0 Å². The quantitative estimate of drug-likeness (QED) is 0.709. The minimum absolute atomic E-state index is 0.192. The fraction of sp³-hybridized carbons (Fsp3) is 0.714. The standard InChI is InChI=1S/C14H25N3O2/c1-4-5-6-7-8-16-13(18)11-9-19-14(17-11)12(15)10(2)3/h9-10,12H,4-8,15H2,1-3H3,(H,16,18). The Kier molecular flexibility index (Phi) is 6.56. The van der Waals surface area contributed by atoms with Gasteiger partial charge in [0.15, 0.2) is 5.69 Å². The van der Waals surface area contributed by atoms with E-state index in [0.717, 1.165) is 12.8 Å². The molecule has 0 aliphatic rings. The van der Waals surface area contributed by atoms with E-state index in [-0.39, 0.29) is 17.9 Å². The van der Waals surface area contributed by atoms with E-state index in [0.29, 0.717) is 18.1 Å². The molecule has 19 heavy (non-hydrogen) atoms. The van der Waals surface area contributed by atoms with Gasteiger partial charge in [-0.05, 0) is 12.3 Å². The summed E-state index contributed by atoms with van der Waals surface area (Å²) in [6, 6.07) is -0.272. The molecule has 5 heteroatoms. The zero-order chi connectivity index (χ0) is 14.3. The second-order valence-electron chi connectivity index (χ2n) is 5.16. The molecule has 1 aromatic rings. The van der Waals surface area contributed by atoms with Crippen molar-refractivity contribution in [2.75, 3.05) is 6.54 Å². The predicted molar refractivity (Wildman–Crippen MR) is 74.7 cm³/mol. The number of hydrogen-bond acceptors (Lipinski definition) is 4. The zero-order valence-corrected chi connectivity index (χ0v) is 12.1. The molecule has 0 radical (unpaired) electrons. The van der Waals surface area contributed by atoms with E-state index in [4.69, 9.17) is 10.2 Å². The Bertz CT molecular complexity index is 388. The lowest BCUT2D eigenvalue weighted by atomic mass is 10.1. The highest BCUT2D eigenvalue weighted by atomic mass is 16.3. The Hall–Kier alpha value is -1.36. The summed E-state index contributed by atoms with van der Waals surface area (Å²) in [6.45, 7) is 6.81. The van der Waals surface area contributed by atoms with Gasteiger partial charge in [-0.1, -0.05) is 40.0 Å². The molecule has 0 saturated heterocycles. The molecular weight excluding hydrogens is 242 g/mol. The molecule has 5 nitrogen and oxygen atoms in total. The molecule has 1 amide bonds. The number of carbonyl (C=O) groups excluding carboxylic acids is 1. The van der Waals surface area contributed by atoms with Crippen molar-refractivity contribution in [3.05, 3.63) is 17.8 Å². The van der Waals surface area contributed by atoms with Crippen LogP contribution in [0.3, 0.4) is 0 Å². The lowest BCUT2D eigenvalue weighted by Gasteiger charge is -2.10. The van der Waals surface area contributed by atoms with Crippen LogP contribution in [0.1, 0.15) is 68.9 Å². The second kappa shape index (κ2) is 7.94. The van der Waals surface area contributed by atoms with Crippen molar-refractivity contribution in [2.45, 2.75) is 52.5 Å². The van der Waals surface area contributed by atoms with Gasteiger partial charge in [-0.25, -0.2) is 4.98 Å². The number of hydrogen-bond donors (Lipinski definition) is 2. The van der Waals surface area contributed by atoms with E-state index in [9.17, 15) is 4.79 Å². The van der Waals surface area contributed by atoms with Crippen molar-refractivity contribution < 1.29 is 9.21 Å². The summed E-state index contributed by atoms with van der Waals surface area (Å²) in [5, 5.41) is 2.84. The largest absolute Gasteiger partial charge is 0.446 e. The maximum atomic E-state index is 11.8. The maximum absolute atomic E-state index is 11.8. The molecule has 0 aliphatic heterocycles. The molecule has 1 aromatic heterocycles. The average molecular weight is 267 g/mol. The number of nitrogens with two attached hydrogens (primary N) is 1. The van der Waals surface area contributed by atoms with Gasteiger partial charge in [0.25, 0.3) is 5.91 Å². The zero-order valence-electron chi connectivity index (χ0n) is 12.1. The summed E-state index contributed by atoms with van der Waals surface area (Å²) in [5.74, 6) is 0.456. The SMILES string of the molecule is CCCCCCNC(=O)c1coc(C(N)C(C)C)n1. The van der Waals surface area contributed by atoms with Gasteiger partial charge in [0, 0.05) is 6.54 Å². The predicted octanol–water partition coefficient (Wildman–Crippen LogP) is 2.64. The number of rotatable bonds is 8. The molecule has 0 spiro atoms. The Morgan fingerprint density at radius 2 is 2.16 bits per heavy atom. The lowest BCUT2D eigenvalue weighted by molar-refractivity contribution is 0.0948. The van der Waals surface area contributed by atoms with Gasteiger partial charge in [-0.2, -0.15) is 0 Å². The smallest absolute Gasteiger partial charge is 0.273 e. The third kappa shape index (κ3) is 5.03. The van der Waals surface area contributed by atoms with E-state index in [1.807, 2.05) is 13.8 Å². The van der Waals surface area contributed by atoms with Crippen molar-refractivity contribution in [3.8, 4) is 0 Å². The molecule has 1 heterocycles. The van der Waals surface area contributed by atoms with Crippen LogP contribution >= 0.6 is 0 Å². The number of amides is 1. The van der Waals surface area contributed by atoms with Crippen molar-refractivity contribution in [3.63, 3.8) is 0 Å². The van der Waals surface area contributed by atoms with Gasteiger partial charge in [-0.3, -0.25) is 4.79 Å². The fourth-order valence-electron chi connectivity index (χ4n) is 1.67. The summed E-state index contributed by atoms with van der Waals surface area (Å²) in [6.07, 6.45) is 5.90. The monoisotopic (exact) mass is 267 g/mol. The van der Waals surface area contributed by atoms with Crippen molar-refractivity contribution >= 4 is 5.91 Å². The van der Waals surface area contributed by atoms with E-state index in [1.165, 1.54) is 19.1 Å². The Morgan fingerprint density at radius 3 is 2.79 bits per heavy atom. The maximum Gasteiger partial charge on any atom is 0.273 e. The second-order valence-corrected chi connectivity index (χ2v) is 5.16. The molecule has 1 atom stereocenters. The molecule has 0 fully saturated rings. The molecule has 0 aliphatic carbocycles. The van der Waals surface area contributed by atoms with E-state index < -0.39 is 0 Å². The molecule has 3 N–H and O–H groups in total. The van der Waals surface area contributed by atoms with Crippen LogP contribution in [0.4, 0.5) is 0 Å². The molecule has 1 unspecified atom stereocenters. The van der Waals surface area contributed by atoms with Gasteiger partial charge in [0.05, 0.1) is 6.04 Å². The van der Waals surface area contributed by atoms with Crippen LogP contribution < -0.4 is 11.1 Å². The van der Waals surface area contributed by atoms with Gasteiger partial charge in [0.2, 0.25) is 5.89 Å². The topological polar surface area (TPSA) is 81.2 Å². The van der Waals surface area contributed by atoms with E-state index >= 15 is 0 Å². The summed E-state index contributed by atoms with van der Waals surface area (Å²) in [5.41, 5.74) is 6.23. The summed E-state index contributed by atoms with van der Waals surface area (Å²) >= 11 is 0. The minimum Gasteiger partial charge on any atom is -0.446 e. The molecule has 0 saturated carbocycles. The molecular formula is C14H25N3O2. The first-order valence-electron chi connectivity index (χ1n) is 7.05. The van der Waals surface area contributed by atoms with Crippen LogP contribution in [0.25, 0.3) is 0 Å². The normalized spacial score (nSPS) is 12.7. The molecule has 1 rings (SSSR count). The molecule has 0 bridgehead atoms. The van der Waals surface area contributed by atoms with Crippen molar-refractivity contribution in [1.29, 1.82) is 0 Å². The van der Waals surface area contributed by atoms with Crippen LogP contribution in [0.5, 0.6) is 0 Å². The number of aromatic nitrogens is 1. The number of nitrogens with zero attached hydrogens (tertiary/aromatic N) is 1. The van der Waals surface area contributed by atoms with E-state index in [1.54, 1.807) is 0 Å². The molecule has 0 aromatic carbocycles. The third-order valence-corrected chi connectivity index (χ3v) is 3.07. The summed E-state index contributed by atoms with van der Waals surface area (Å²) < 4.78 is 5.26. The van der Waals surface area contributed by atoms with Gasteiger partial charge in [-0.15, -0.1) is 0 Å². The van der Waals surface area contributed by atoms with Crippen LogP contribution in [0.15, 0.2) is 10.7 Å². The first-order valence-corrected chi connectivity index (χ1v) is 7.05. The summed E-state index contributed by atoms with van der Waals surface area (Å²) in [7, 11) is 0. The highest BCUT2D eigenvalue weighted by molar-refractivity contribution is 5.91. The lowest BCUT2D eigenvalue weighted by Crippen LogP contribution is -2.25. The number of carbonyl (C=O) groups is 1. The Labute approximate surface area is 115 Å². The minimum atomic E-state index is -0.272. The van der Waals surface area contributed by atoms with Crippen LogP contribution in [-0.4, -0.2) is 17.4 Å². The third-order valence-electron chi connectivity index (χ3n) is 3.07. The average Bonchev–Trinajstić information content (AvgIpc) is 2.86. The van der Waals surface area contributed by atoms with Gasteiger partial charge >= 0.3 is 0 Å². The Morgan fingerprint density at radius 1 is 1.42 bits per heavy atom. The fourth-order valence-corrected chi connectivity index (χ4v) is 1.67. The number of nitrogens with one attached hydrogen (secondary N) is 1. The van der Waals surface area contributed by atoms with Crippen LogP contribution in [0.2, 0.25) is 0 Å². The highest BCUT2D eigenvalue weighted by Gasteiger charge is 2.19. The molecule has 108 valence electrons. The van der Waals surface area contributed by atoms with Gasteiger partial charge in [0.1, 0.15) is 6.26 Å².